The standard InChI is InChI=1S/C24H31N3O3S/c1-6-26(7-2)12-13-27(22(28)16-30-20-10-8-19(29-5)9-11-20)24-25-23-18(4)14-17(3)15-21(23)31-24/h8-11,14-15H,6-7,12-13,16H2,1-5H3. The number of methoxy groups -OCH3 is 1. The van der Waals surface area contributed by atoms with Crippen LogP contribution in [0.3, 0.4) is 0 Å². The number of carbonyl (C=O) groups is 1. The third-order valence-electron chi connectivity index (χ3n) is 5.31. The molecule has 0 atom stereocenters. The largest absolute Gasteiger partial charge is 0.497 e. The molecule has 0 saturated heterocycles. The van der Waals surface area contributed by atoms with Crippen molar-refractivity contribution < 1.29 is 14.3 Å². The van der Waals surface area contributed by atoms with Gasteiger partial charge in [0.15, 0.2) is 11.7 Å². The molecule has 0 aliphatic carbocycles. The van der Waals surface area contributed by atoms with Crippen molar-refractivity contribution in [1.29, 1.82) is 0 Å². The van der Waals surface area contributed by atoms with Crippen LogP contribution in [0.5, 0.6) is 11.5 Å². The fourth-order valence-electron chi connectivity index (χ4n) is 3.48. The molecule has 0 spiro atoms. The molecular weight excluding hydrogens is 410 g/mol. The van der Waals surface area contributed by atoms with Crippen molar-refractivity contribution in [2.45, 2.75) is 27.7 Å². The van der Waals surface area contributed by atoms with Crippen LogP contribution in [-0.4, -0.2) is 55.7 Å². The topological polar surface area (TPSA) is 54.9 Å². The highest BCUT2D eigenvalue weighted by atomic mass is 32.1. The summed E-state index contributed by atoms with van der Waals surface area (Å²) in [6.07, 6.45) is 0. The van der Waals surface area contributed by atoms with Gasteiger partial charge in [-0.2, -0.15) is 0 Å². The Labute approximate surface area is 188 Å². The lowest BCUT2D eigenvalue weighted by atomic mass is 10.1. The molecule has 3 aromatic rings. The van der Waals surface area contributed by atoms with Crippen LogP contribution in [0.1, 0.15) is 25.0 Å². The zero-order valence-electron chi connectivity index (χ0n) is 19.0. The summed E-state index contributed by atoms with van der Waals surface area (Å²) in [7, 11) is 1.62. The van der Waals surface area contributed by atoms with Crippen molar-refractivity contribution in [2.24, 2.45) is 0 Å². The maximum absolute atomic E-state index is 13.2. The van der Waals surface area contributed by atoms with Crippen LogP contribution >= 0.6 is 11.3 Å². The summed E-state index contributed by atoms with van der Waals surface area (Å²) in [5.74, 6) is 1.28. The molecule has 0 unspecified atom stereocenters. The van der Waals surface area contributed by atoms with Gasteiger partial charge in [0, 0.05) is 13.1 Å². The number of ether oxygens (including phenoxy) is 2. The van der Waals surface area contributed by atoms with E-state index in [1.54, 1.807) is 35.5 Å². The number of hydrogen-bond donors (Lipinski definition) is 0. The lowest BCUT2D eigenvalue weighted by Crippen LogP contribution is -2.41. The first-order valence-corrected chi connectivity index (χ1v) is 11.4. The van der Waals surface area contributed by atoms with Crippen molar-refractivity contribution in [1.82, 2.24) is 9.88 Å². The number of hydrogen-bond acceptors (Lipinski definition) is 6. The summed E-state index contributed by atoms with van der Waals surface area (Å²) in [5, 5.41) is 0.721. The van der Waals surface area contributed by atoms with Crippen molar-refractivity contribution in [3.63, 3.8) is 0 Å². The minimum atomic E-state index is -0.101. The molecule has 0 saturated carbocycles. The Morgan fingerprint density at radius 1 is 1.03 bits per heavy atom. The molecule has 0 radical (unpaired) electrons. The molecule has 166 valence electrons. The Bertz CT molecular complexity index is 1010. The van der Waals surface area contributed by atoms with Gasteiger partial charge in [0.05, 0.1) is 17.3 Å². The zero-order valence-corrected chi connectivity index (χ0v) is 19.8. The Morgan fingerprint density at radius 2 is 1.71 bits per heavy atom. The second-order valence-corrected chi connectivity index (χ2v) is 8.47. The number of anilines is 1. The summed E-state index contributed by atoms with van der Waals surface area (Å²) in [6.45, 7) is 11.6. The molecule has 6 nitrogen and oxygen atoms in total. The van der Waals surface area contributed by atoms with Gasteiger partial charge >= 0.3 is 0 Å². The number of thiazole rings is 1. The Hall–Kier alpha value is -2.64. The molecule has 0 aliphatic heterocycles. The van der Waals surface area contributed by atoms with Gasteiger partial charge in [0.25, 0.3) is 5.91 Å². The second-order valence-electron chi connectivity index (χ2n) is 7.46. The van der Waals surface area contributed by atoms with Crippen molar-refractivity contribution in [2.75, 3.05) is 44.8 Å². The third-order valence-corrected chi connectivity index (χ3v) is 6.33. The van der Waals surface area contributed by atoms with E-state index < -0.39 is 0 Å². The predicted molar refractivity (Wildman–Crippen MR) is 128 cm³/mol. The van der Waals surface area contributed by atoms with Gasteiger partial charge in [-0.3, -0.25) is 9.69 Å². The van der Waals surface area contributed by atoms with E-state index in [9.17, 15) is 4.79 Å². The Balaban J connectivity index is 1.81. The molecule has 1 amide bonds. The number of rotatable bonds is 10. The first kappa shape index (κ1) is 23.0. The van der Waals surface area contributed by atoms with E-state index in [1.807, 2.05) is 12.1 Å². The second kappa shape index (κ2) is 10.6. The van der Waals surface area contributed by atoms with Crippen molar-refractivity contribution in [3.8, 4) is 11.5 Å². The minimum Gasteiger partial charge on any atom is -0.497 e. The molecule has 0 fully saturated rings. The van der Waals surface area contributed by atoms with E-state index in [2.05, 4.69) is 44.7 Å². The monoisotopic (exact) mass is 441 g/mol. The number of carbonyl (C=O) groups excluding carboxylic acids is 1. The van der Waals surface area contributed by atoms with Gasteiger partial charge in [0.2, 0.25) is 0 Å². The first-order valence-electron chi connectivity index (χ1n) is 10.6. The number of likely N-dealkylation sites (N-methyl/N-ethyl adjacent to an activating group) is 1. The fraction of sp³-hybridized carbons (Fsp3) is 0.417. The van der Waals surface area contributed by atoms with Gasteiger partial charge < -0.3 is 14.4 Å². The molecule has 0 aliphatic rings. The summed E-state index contributed by atoms with van der Waals surface area (Å²) < 4.78 is 12.0. The molecule has 0 bridgehead atoms. The van der Waals surface area contributed by atoms with E-state index >= 15 is 0 Å². The molecule has 1 aromatic heterocycles. The van der Waals surface area contributed by atoms with Crippen molar-refractivity contribution >= 4 is 32.6 Å². The summed E-state index contributed by atoms with van der Waals surface area (Å²) in [6, 6.07) is 11.5. The number of aromatic nitrogens is 1. The molecular formula is C24H31N3O3S. The molecule has 7 heteroatoms. The maximum atomic E-state index is 13.2. The summed E-state index contributed by atoms with van der Waals surface area (Å²) in [4.78, 5) is 22.1. The normalized spacial score (nSPS) is 11.2. The Kier molecular flexibility index (Phi) is 7.87. The SMILES string of the molecule is CCN(CC)CCN(C(=O)COc1ccc(OC)cc1)c1nc2c(C)cc(C)cc2s1. The van der Waals surface area contributed by atoms with Gasteiger partial charge in [-0.15, -0.1) is 0 Å². The predicted octanol–water partition coefficient (Wildman–Crippen LogP) is 4.68. The van der Waals surface area contributed by atoms with Gasteiger partial charge in [-0.1, -0.05) is 31.3 Å². The average molecular weight is 442 g/mol. The average Bonchev–Trinajstić information content (AvgIpc) is 3.19. The van der Waals surface area contributed by atoms with Crippen LogP contribution < -0.4 is 14.4 Å². The lowest BCUT2D eigenvalue weighted by Gasteiger charge is -2.24. The van der Waals surface area contributed by atoms with Crippen LogP contribution in [-0.2, 0) is 4.79 Å². The fourth-order valence-corrected chi connectivity index (χ4v) is 4.66. The van der Waals surface area contributed by atoms with Crippen LogP contribution in [0, 0.1) is 13.8 Å². The molecule has 1 heterocycles. The zero-order chi connectivity index (χ0) is 22.4. The lowest BCUT2D eigenvalue weighted by molar-refractivity contribution is -0.120. The molecule has 0 N–H and O–H groups in total. The number of benzene rings is 2. The molecule has 2 aromatic carbocycles. The maximum Gasteiger partial charge on any atom is 0.266 e. The quantitative estimate of drug-likeness (QED) is 0.457. The highest BCUT2D eigenvalue weighted by molar-refractivity contribution is 7.22. The summed E-state index contributed by atoms with van der Waals surface area (Å²) >= 11 is 1.56. The van der Waals surface area contributed by atoms with Crippen LogP contribution in [0.15, 0.2) is 36.4 Å². The van der Waals surface area contributed by atoms with Gasteiger partial charge in [-0.05, 0) is 68.4 Å². The summed E-state index contributed by atoms with van der Waals surface area (Å²) in [5.41, 5.74) is 3.29. The smallest absolute Gasteiger partial charge is 0.266 e. The first-order chi connectivity index (χ1) is 14.9. The van der Waals surface area contributed by atoms with Gasteiger partial charge in [0.1, 0.15) is 11.5 Å². The highest BCUT2D eigenvalue weighted by Gasteiger charge is 2.21. The molecule has 31 heavy (non-hydrogen) atoms. The van der Waals surface area contributed by atoms with E-state index in [-0.39, 0.29) is 12.5 Å². The van der Waals surface area contributed by atoms with Crippen molar-refractivity contribution in [3.05, 3.63) is 47.5 Å². The highest BCUT2D eigenvalue weighted by Crippen LogP contribution is 2.32. The number of nitrogens with zero attached hydrogens (tertiary/aromatic N) is 3. The van der Waals surface area contributed by atoms with Gasteiger partial charge in [-0.25, -0.2) is 4.98 Å². The molecule has 3 rings (SSSR count). The van der Waals surface area contributed by atoms with E-state index in [0.717, 1.165) is 46.3 Å². The Morgan fingerprint density at radius 3 is 2.35 bits per heavy atom. The van der Waals surface area contributed by atoms with Crippen LogP contribution in [0.25, 0.3) is 10.2 Å². The van der Waals surface area contributed by atoms with Crippen LogP contribution in [0.4, 0.5) is 5.13 Å². The third kappa shape index (κ3) is 5.74. The minimum absolute atomic E-state index is 0.0431. The van der Waals surface area contributed by atoms with E-state index in [1.165, 1.54) is 5.56 Å². The van der Waals surface area contributed by atoms with E-state index in [4.69, 9.17) is 14.5 Å². The van der Waals surface area contributed by atoms with E-state index in [0.29, 0.717) is 12.3 Å². The number of amides is 1. The number of fused-ring (bicyclic) bond motifs is 1. The van der Waals surface area contributed by atoms with Crippen LogP contribution in [0.2, 0.25) is 0 Å². The number of aryl methyl sites for hydroxylation is 2.